The summed E-state index contributed by atoms with van der Waals surface area (Å²) in [4.78, 5) is 2.41. The van der Waals surface area contributed by atoms with Crippen LogP contribution in [0.4, 0.5) is 0 Å². The summed E-state index contributed by atoms with van der Waals surface area (Å²) in [5.74, 6) is 0. The number of rotatable bonds is 5. The molecule has 4 nitrogen and oxygen atoms in total. The molecule has 1 heterocycles. The van der Waals surface area contributed by atoms with Crippen molar-refractivity contribution >= 4 is 0 Å². The maximum absolute atomic E-state index is 9.05. The molecule has 0 radical (unpaired) electrons. The van der Waals surface area contributed by atoms with E-state index in [0.29, 0.717) is 6.04 Å². The summed E-state index contributed by atoms with van der Waals surface area (Å²) in [6.07, 6.45) is 0.871. The van der Waals surface area contributed by atoms with Crippen molar-refractivity contribution in [3.63, 3.8) is 0 Å². The van der Waals surface area contributed by atoms with E-state index in [1.165, 1.54) is 0 Å². The lowest BCUT2D eigenvalue weighted by atomic mass is 10.1. The minimum absolute atomic E-state index is 0.275. The van der Waals surface area contributed by atoms with E-state index in [9.17, 15) is 0 Å². The molecule has 0 aliphatic carbocycles. The summed E-state index contributed by atoms with van der Waals surface area (Å²) in [5, 5.41) is 17.8. The summed E-state index contributed by atoms with van der Waals surface area (Å²) in [6.45, 7) is 7.94. The molecular formula is C11H25N2O2+. The number of piperazine rings is 1. The summed E-state index contributed by atoms with van der Waals surface area (Å²) in [6, 6.07) is 0.574. The molecule has 2 atom stereocenters. The molecule has 2 N–H and O–H groups in total. The van der Waals surface area contributed by atoms with Crippen molar-refractivity contribution in [2.45, 2.75) is 19.4 Å². The third kappa shape index (κ3) is 3.41. The topological polar surface area (TPSA) is 43.7 Å². The minimum Gasteiger partial charge on any atom is -0.396 e. The van der Waals surface area contributed by atoms with Gasteiger partial charge in [0.1, 0.15) is 6.54 Å². The molecule has 0 spiro atoms. The smallest absolute Gasteiger partial charge is 0.102 e. The van der Waals surface area contributed by atoms with Gasteiger partial charge in [0.25, 0.3) is 0 Å². The summed E-state index contributed by atoms with van der Waals surface area (Å²) in [7, 11) is 2.23. The van der Waals surface area contributed by atoms with Gasteiger partial charge in [-0.3, -0.25) is 4.90 Å². The van der Waals surface area contributed by atoms with Gasteiger partial charge in [0.2, 0.25) is 0 Å². The average Bonchev–Trinajstić information content (AvgIpc) is 2.21. The van der Waals surface area contributed by atoms with Crippen LogP contribution in [0.5, 0.6) is 0 Å². The molecule has 4 heteroatoms. The van der Waals surface area contributed by atoms with Gasteiger partial charge in [0.15, 0.2) is 0 Å². The summed E-state index contributed by atoms with van der Waals surface area (Å²) in [5.41, 5.74) is 0. The van der Waals surface area contributed by atoms with Crippen molar-refractivity contribution in [2.24, 2.45) is 0 Å². The van der Waals surface area contributed by atoms with E-state index in [1.807, 2.05) is 0 Å². The van der Waals surface area contributed by atoms with Gasteiger partial charge in [-0.1, -0.05) is 0 Å². The van der Waals surface area contributed by atoms with Crippen molar-refractivity contribution in [1.82, 2.24) is 4.90 Å². The maximum atomic E-state index is 9.05. The molecule has 2 unspecified atom stereocenters. The molecule has 15 heavy (non-hydrogen) atoms. The first-order valence-electron chi connectivity index (χ1n) is 5.90. The Hall–Kier alpha value is -0.160. The van der Waals surface area contributed by atoms with Gasteiger partial charge in [-0.25, -0.2) is 0 Å². The van der Waals surface area contributed by atoms with Gasteiger partial charge in [0, 0.05) is 19.7 Å². The van der Waals surface area contributed by atoms with Crippen LogP contribution in [0.2, 0.25) is 0 Å². The van der Waals surface area contributed by atoms with Crippen molar-refractivity contribution in [3.05, 3.63) is 0 Å². The lowest BCUT2D eigenvalue weighted by molar-refractivity contribution is -0.936. The van der Waals surface area contributed by atoms with Crippen LogP contribution in [0.15, 0.2) is 0 Å². The summed E-state index contributed by atoms with van der Waals surface area (Å²) >= 11 is 0. The van der Waals surface area contributed by atoms with Gasteiger partial charge in [0.05, 0.1) is 32.8 Å². The highest BCUT2D eigenvalue weighted by molar-refractivity contribution is 4.69. The SMILES string of the molecule is CC1CN(CCCO)CC[N+]1(C)CCO. The fourth-order valence-electron chi connectivity index (χ4n) is 2.31. The van der Waals surface area contributed by atoms with Gasteiger partial charge in [-0.2, -0.15) is 0 Å². The van der Waals surface area contributed by atoms with Crippen LogP contribution in [0.3, 0.4) is 0 Å². The fourth-order valence-corrected chi connectivity index (χ4v) is 2.31. The Balaban J connectivity index is 2.40. The molecule has 0 amide bonds. The van der Waals surface area contributed by atoms with Crippen molar-refractivity contribution in [3.8, 4) is 0 Å². The predicted octanol–water partition coefficient (Wildman–Crippen LogP) is -0.488. The molecule has 90 valence electrons. The van der Waals surface area contributed by atoms with Crippen molar-refractivity contribution in [1.29, 1.82) is 0 Å². The molecule has 0 aromatic heterocycles. The number of hydrogen-bond donors (Lipinski definition) is 2. The third-order valence-corrected chi connectivity index (χ3v) is 3.76. The quantitative estimate of drug-likeness (QED) is 0.611. The second kappa shape index (κ2) is 5.80. The van der Waals surface area contributed by atoms with Crippen LogP contribution in [-0.4, -0.2) is 78.6 Å². The van der Waals surface area contributed by atoms with E-state index in [-0.39, 0.29) is 13.2 Å². The Morgan fingerprint density at radius 1 is 1.33 bits per heavy atom. The standard InChI is InChI=1S/C11H25N2O2/c1-11-10-12(4-3-8-14)5-6-13(11,2)7-9-15/h11,14-15H,3-10H2,1-2H3/q+1. The highest BCUT2D eigenvalue weighted by atomic mass is 16.3. The van der Waals surface area contributed by atoms with Crippen LogP contribution in [-0.2, 0) is 0 Å². The van der Waals surface area contributed by atoms with Gasteiger partial charge in [-0.15, -0.1) is 0 Å². The number of aliphatic hydroxyl groups excluding tert-OH is 2. The van der Waals surface area contributed by atoms with E-state index in [1.54, 1.807) is 0 Å². The molecule has 0 aromatic carbocycles. The minimum atomic E-state index is 0.275. The second-order valence-corrected chi connectivity index (χ2v) is 4.88. The Bertz CT molecular complexity index is 189. The maximum Gasteiger partial charge on any atom is 0.102 e. The first-order chi connectivity index (χ1) is 7.12. The van der Waals surface area contributed by atoms with Crippen molar-refractivity contribution < 1.29 is 14.7 Å². The predicted molar refractivity (Wildman–Crippen MR) is 60.6 cm³/mol. The average molecular weight is 217 g/mol. The largest absolute Gasteiger partial charge is 0.396 e. The lowest BCUT2D eigenvalue weighted by Gasteiger charge is -2.46. The number of aliphatic hydroxyl groups is 2. The van der Waals surface area contributed by atoms with Crippen LogP contribution < -0.4 is 0 Å². The Labute approximate surface area is 92.7 Å². The first kappa shape index (κ1) is 12.9. The zero-order valence-electron chi connectivity index (χ0n) is 10.0. The van der Waals surface area contributed by atoms with E-state index < -0.39 is 0 Å². The third-order valence-electron chi connectivity index (χ3n) is 3.76. The highest BCUT2D eigenvalue weighted by Crippen LogP contribution is 2.16. The zero-order valence-corrected chi connectivity index (χ0v) is 10.0. The molecule has 0 saturated carbocycles. The van der Waals surface area contributed by atoms with Gasteiger partial charge < -0.3 is 14.7 Å². The molecule has 0 bridgehead atoms. The zero-order chi connectivity index (χ0) is 11.3. The van der Waals surface area contributed by atoms with Gasteiger partial charge in [-0.05, 0) is 13.3 Å². The molecule has 1 fully saturated rings. The lowest BCUT2D eigenvalue weighted by Crippen LogP contribution is -2.63. The number of hydrogen-bond acceptors (Lipinski definition) is 3. The Kier molecular flexibility index (Phi) is 4.99. The number of nitrogens with zero attached hydrogens (tertiary/aromatic N) is 2. The van der Waals surface area contributed by atoms with E-state index in [0.717, 1.165) is 43.6 Å². The van der Waals surface area contributed by atoms with Gasteiger partial charge >= 0.3 is 0 Å². The van der Waals surface area contributed by atoms with Crippen molar-refractivity contribution in [2.75, 3.05) is 53.0 Å². The normalized spacial score (nSPS) is 33.2. The van der Waals surface area contributed by atoms with E-state index in [2.05, 4.69) is 18.9 Å². The molecule has 1 aliphatic heterocycles. The Morgan fingerprint density at radius 2 is 2.07 bits per heavy atom. The summed E-state index contributed by atoms with van der Waals surface area (Å²) < 4.78 is 0.978. The second-order valence-electron chi connectivity index (χ2n) is 4.88. The number of likely N-dealkylation sites (N-methyl/N-ethyl adjacent to an activating group) is 1. The van der Waals surface area contributed by atoms with E-state index >= 15 is 0 Å². The molecule has 1 rings (SSSR count). The van der Waals surface area contributed by atoms with Crippen LogP contribution in [0, 0.1) is 0 Å². The monoisotopic (exact) mass is 217 g/mol. The molecule has 1 saturated heterocycles. The van der Waals surface area contributed by atoms with E-state index in [4.69, 9.17) is 10.2 Å². The molecule has 1 aliphatic rings. The first-order valence-corrected chi connectivity index (χ1v) is 5.90. The Morgan fingerprint density at radius 3 is 2.60 bits per heavy atom. The van der Waals surface area contributed by atoms with Crippen LogP contribution in [0.25, 0.3) is 0 Å². The highest BCUT2D eigenvalue weighted by Gasteiger charge is 2.34. The fraction of sp³-hybridized carbons (Fsp3) is 1.00. The van der Waals surface area contributed by atoms with Crippen LogP contribution >= 0.6 is 0 Å². The van der Waals surface area contributed by atoms with Crippen LogP contribution in [0.1, 0.15) is 13.3 Å². The molecule has 0 aromatic rings. The molecular weight excluding hydrogens is 192 g/mol. The number of quaternary nitrogens is 1.